The van der Waals surface area contributed by atoms with E-state index >= 15 is 0 Å². The van der Waals surface area contributed by atoms with Crippen molar-refractivity contribution in [1.29, 1.82) is 0 Å². The number of aliphatic hydroxyl groups is 1. The molecule has 1 amide bonds. The molecule has 0 radical (unpaired) electrons. The van der Waals surface area contributed by atoms with E-state index in [0.29, 0.717) is 18.6 Å². The first kappa shape index (κ1) is 22.6. The molecule has 3 aliphatic carbocycles. The van der Waals surface area contributed by atoms with Gasteiger partial charge in [0.1, 0.15) is 6.10 Å². The number of hydrogen-bond acceptors (Lipinski definition) is 5. The molecule has 0 aromatic heterocycles. The summed E-state index contributed by atoms with van der Waals surface area (Å²) in [5.41, 5.74) is 1.67. The minimum atomic E-state index is -0.928. The summed E-state index contributed by atoms with van der Waals surface area (Å²) in [5, 5.41) is 23.5. The molecule has 190 valence electrons. The SMILES string of the molecule is C[C@H](C(=O)N(C)[C@H]1CC[C@@]2(O)[C@@H]3Cc4ccc(O)c5c4[C@@]2(CCN3CC2CC2)[C@H]1O5)c1ccccc1. The van der Waals surface area contributed by atoms with Crippen LogP contribution in [-0.2, 0) is 16.6 Å². The smallest absolute Gasteiger partial charge is 0.229 e. The van der Waals surface area contributed by atoms with Gasteiger partial charge in [-0.25, -0.2) is 0 Å². The Morgan fingerprint density at radius 3 is 2.69 bits per heavy atom. The molecule has 2 N–H and O–H groups in total. The fourth-order valence-electron chi connectivity index (χ4n) is 8.21. The minimum absolute atomic E-state index is 0.0474. The zero-order valence-corrected chi connectivity index (χ0v) is 21.2. The van der Waals surface area contributed by atoms with E-state index < -0.39 is 11.0 Å². The van der Waals surface area contributed by atoms with E-state index in [-0.39, 0.29) is 35.8 Å². The van der Waals surface area contributed by atoms with Crippen LogP contribution in [0.4, 0.5) is 0 Å². The molecule has 2 aromatic carbocycles. The van der Waals surface area contributed by atoms with Crippen molar-refractivity contribution in [2.24, 2.45) is 5.92 Å². The maximum atomic E-state index is 13.7. The zero-order valence-electron chi connectivity index (χ0n) is 21.2. The lowest BCUT2D eigenvalue weighted by molar-refractivity contribution is -0.200. The van der Waals surface area contributed by atoms with E-state index in [4.69, 9.17) is 4.74 Å². The number of amides is 1. The Morgan fingerprint density at radius 2 is 1.94 bits per heavy atom. The van der Waals surface area contributed by atoms with Crippen molar-refractivity contribution in [3.8, 4) is 11.5 Å². The summed E-state index contributed by atoms with van der Waals surface area (Å²) in [4.78, 5) is 18.1. The third-order valence-corrected chi connectivity index (χ3v) is 10.2. The zero-order chi connectivity index (χ0) is 24.8. The van der Waals surface area contributed by atoms with Crippen molar-refractivity contribution < 1.29 is 19.7 Å². The number of likely N-dealkylation sites (tertiary alicyclic amines) is 1. The van der Waals surface area contributed by atoms with Gasteiger partial charge in [0.2, 0.25) is 5.91 Å². The molecule has 0 unspecified atom stereocenters. The average molecular weight is 489 g/mol. The second-order valence-electron chi connectivity index (χ2n) is 12.0. The van der Waals surface area contributed by atoms with Crippen LogP contribution in [0.15, 0.2) is 42.5 Å². The molecule has 2 saturated carbocycles. The Labute approximate surface area is 212 Å². The summed E-state index contributed by atoms with van der Waals surface area (Å²) in [6.07, 6.45) is 5.10. The highest BCUT2D eigenvalue weighted by Crippen LogP contribution is 2.66. The highest BCUT2D eigenvalue weighted by Gasteiger charge is 2.73. The van der Waals surface area contributed by atoms with Gasteiger partial charge < -0.3 is 19.8 Å². The Bertz CT molecular complexity index is 1210. The van der Waals surface area contributed by atoms with E-state index in [1.807, 2.05) is 55.3 Å². The number of phenols is 1. The van der Waals surface area contributed by atoms with Gasteiger partial charge in [0.05, 0.1) is 23.0 Å². The summed E-state index contributed by atoms with van der Waals surface area (Å²) < 4.78 is 6.65. The van der Waals surface area contributed by atoms with E-state index in [1.54, 1.807) is 6.07 Å². The number of likely N-dealkylation sites (N-methyl/N-ethyl adjacent to an activating group) is 1. The predicted octanol–water partition coefficient (Wildman–Crippen LogP) is 3.59. The third kappa shape index (κ3) is 2.89. The van der Waals surface area contributed by atoms with Crippen LogP contribution in [-0.4, -0.2) is 69.8 Å². The quantitative estimate of drug-likeness (QED) is 0.673. The fourth-order valence-corrected chi connectivity index (χ4v) is 8.21. The minimum Gasteiger partial charge on any atom is -0.504 e. The van der Waals surface area contributed by atoms with Crippen LogP contribution in [0.2, 0.25) is 0 Å². The first-order valence-corrected chi connectivity index (χ1v) is 13.6. The van der Waals surface area contributed by atoms with Crippen LogP contribution >= 0.6 is 0 Å². The molecule has 2 bridgehead atoms. The lowest BCUT2D eigenvalue weighted by Gasteiger charge is -2.64. The van der Waals surface area contributed by atoms with Crippen molar-refractivity contribution in [3.05, 3.63) is 59.2 Å². The number of ether oxygens (including phenoxy) is 1. The summed E-state index contributed by atoms with van der Waals surface area (Å²) >= 11 is 0. The van der Waals surface area contributed by atoms with E-state index in [9.17, 15) is 15.0 Å². The fraction of sp³-hybridized carbons (Fsp3) is 0.567. The molecule has 36 heavy (non-hydrogen) atoms. The standard InChI is InChI=1S/C30H36N2O4/c1-18(20-6-4-3-5-7-20)28(34)31(2)22-12-13-30(35)24-16-21-10-11-23(33)26-25(21)29(30,27(22)36-26)14-15-32(24)17-19-8-9-19/h3-7,10-11,18-19,22,24,27,33,35H,8-9,12-17H2,1-2H3/t18-,22-,24-,27-,29-,30+/m0/s1. The Balaban J connectivity index is 1.29. The number of carbonyl (C=O) groups is 1. The largest absolute Gasteiger partial charge is 0.504 e. The second kappa shape index (κ2) is 7.72. The van der Waals surface area contributed by atoms with Crippen molar-refractivity contribution in [2.45, 2.75) is 80.6 Å². The van der Waals surface area contributed by atoms with E-state index in [0.717, 1.165) is 43.0 Å². The van der Waals surface area contributed by atoms with Gasteiger partial charge in [-0.1, -0.05) is 36.4 Å². The lowest BCUT2D eigenvalue weighted by atomic mass is 9.48. The summed E-state index contributed by atoms with van der Waals surface area (Å²) in [7, 11) is 1.89. The highest BCUT2D eigenvalue weighted by atomic mass is 16.5. The average Bonchev–Trinajstić information content (AvgIpc) is 3.63. The Hall–Kier alpha value is -2.57. The van der Waals surface area contributed by atoms with Crippen LogP contribution in [0.25, 0.3) is 0 Å². The van der Waals surface area contributed by atoms with Crippen molar-refractivity contribution >= 4 is 5.91 Å². The highest BCUT2D eigenvalue weighted by molar-refractivity contribution is 5.83. The monoisotopic (exact) mass is 488 g/mol. The number of rotatable bonds is 5. The number of carbonyl (C=O) groups excluding carboxylic acids is 1. The van der Waals surface area contributed by atoms with Gasteiger partial charge in [-0.15, -0.1) is 0 Å². The maximum Gasteiger partial charge on any atom is 0.229 e. The van der Waals surface area contributed by atoms with Crippen LogP contribution in [0.3, 0.4) is 0 Å². The summed E-state index contributed by atoms with van der Waals surface area (Å²) in [6, 6.07) is 13.6. The van der Waals surface area contributed by atoms with Gasteiger partial charge in [0.15, 0.2) is 11.5 Å². The maximum absolute atomic E-state index is 13.7. The lowest BCUT2D eigenvalue weighted by Crippen LogP contribution is -2.78. The molecule has 1 saturated heterocycles. The van der Waals surface area contributed by atoms with Crippen molar-refractivity contribution in [2.75, 3.05) is 20.1 Å². The van der Waals surface area contributed by atoms with Gasteiger partial charge in [-0.3, -0.25) is 9.69 Å². The van der Waals surface area contributed by atoms with Gasteiger partial charge >= 0.3 is 0 Å². The first-order valence-electron chi connectivity index (χ1n) is 13.6. The van der Waals surface area contributed by atoms with Crippen molar-refractivity contribution in [3.63, 3.8) is 0 Å². The molecule has 5 aliphatic rings. The van der Waals surface area contributed by atoms with Gasteiger partial charge in [0, 0.05) is 25.2 Å². The summed E-state index contributed by atoms with van der Waals surface area (Å²) in [5.74, 6) is 1.24. The Kier molecular flexibility index (Phi) is 4.85. The molecule has 2 heterocycles. The predicted molar refractivity (Wildman–Crippen MR) is 136 cm³/mol. The van der Waals surface area contributed by atoms with Crippen LogP contribution in [0.1, 0.15) is 61.6 Å². The molecule has 2 aliphatic heterocycles. The Morgan fingerprint density at radius 1 is 1.17 bits per heavy atom. The number of benzene rings is 2. The first-order chi connectivity index (χ1) is 17.3. The van der Waals surface area contributed by atoms with Gasteiger partial charge in [-0.2, -0.15) is 0 Å². The van der Waals surface area contributed by atoms with Crippen molar-refractivity contribution in [1.82, 2.24) is 9.80 Å². The molecule has 1 spiro atoms. The number of piperidine rings is 1. The van der Waals surface area contributed by atoms with Gasteiger partial charge in [0.25, 0.3) is 0 Å². The number of phenolic OH excluding ortho intramolecular Hbond substituents is 1. The molecule has 6 nitrogen and oxygen atoms in total. The van der Waals surface area contributed by atoms with Gasteiger partial charge in [-0.05, 0) is 75.1 Å². The van der Waals surface area contributed by atoms with E-state index in [2.05, 4.69) is 4.90 Å². The molecule has 7 rings (SSSR count). The topological polar surface area (TPSA) is 73.2 Å². The molecule has 6 atom stereocenters. The molecular formula is C30H36N2O4. The van der Waals surface area contributed by atoms with Crippen LogP contribution in [0.5, 0.6) is 11.5 Å². The van der Waals surface area contributed by atoms with Crippen LogP contribution in [0, 0.1) is 5.92 Å². The molecule has 3 fully saturated rings. The second-order valence-corrected chi connectivity index (χ2v) is 12.0. The van der Waals surface area contributed by atoms with E-state index in [1.165, 1.54) is 18.4 Å². The normalized spacial score (nSPS) is 35.0. The number of hydrogen-bond donors (Lipinski definition) is 2. The number of nitrogens with zero attached hydrogens (tertiary/aromatic N) is 2. The molecule has 6 heteroatoms. The summed E-state index contributed by atoms with van der Waals surface area (Å²) in [6.45, 7) is 3.95. The number of aromatic hydroxyl groups is 1. The molecule has 2 aromatic rings. The third-order valence-electron chi connectivity index (χ3n) is 10.2. The van der Waals surface area contributed by atoms with Crippen LogP contribution < -0.4 is 4.74 Å². The molecular weight excluding hydrogens is 452 g/mol.